The Hall–Kier alpha value is -1.32. The monoisotopic (exact) mass is 221 g/mol. The summed E-state index contributed by atoms with van der Waals surface area (Å²) in [5.74, 6) is 3.22. The molecular formula is C12H19N3O. The van der Waals surface area contributed by atoms with E-state index in [-0.39, 0.29) is 0 Å². The molecule has 1 aliphatic rings. The van der Waals surface area contributed by atoms with Crippen molar-refractivity contribution >= 4 is 5.82 Å². The fraction of sp³-hybridized carbons (Fsp3) is 0.667. The van der Waals surface area contributed by atoms with E-state index in [2.05, 4.69) is 15.3 Å². The molecule has 0 radical (unpaired) electrons. The van der Waals surface area contributed by atoms with E-state index >= 15 is 0 Å². The topological polar surface area (TPSA) is 47.0 Å². The van der Waals surface area contributed by atoms with Crippen LogP contribution in [0.2, 0.25) is 0 Å². The van der Waals surface area contributed by atoms with Crippen molar-refractivity contribution in [1.29, 1.82) is 0 Å². The van der Waals surface area contributed by atoms with Gasteiger partial charge in [-0.1, -0.05) is 12.8 Å². The molecule has 1 heterocycles. The second-order valence-electron chi connectivity index (χ2n) is 4.38. The largest absolute Gasteiger partial charge is 0.477 e. The van der Waals surface area contributed by atoms with Crippen LogP contribution in [0.1, 0.15) is 30.7 Å². The Morgan fingerprint density at radius 3 is 2.69 bits per heavy atom. The summed E-state index contributed by atoms with van der Waals surface area (Å²) in [7, 11) is 1.86. The summed E-state index contributed by atoms with van der Waals surface area (Å²) < 4.78 is 5.72. The maximum atomic E-state index is 5.72. The van der Waals surface area contributed by atoms with Crippen LogP contribution in [0.5, 0.6) is 5.88 Å². The second-order valence-corrected chi connectivity index (χ2v) is 4.38. The number of aryl methyl sites for hydroxylation is 1. The van der Waals surface area contributed by atoms with Crippen LogP contribution < -0.4 is 10.1 Å². The number of hydrogen-bond donors (Lipinski definition) is 1. The van der Waals surface area contributed by atoms with E-state index in [1.807, 2.05) is 20.9 Å². The van der Waals surface area contributed by atoms with E-state index < -0.39 is 0 Å². The summed E-state index contributed by atoms with van der Waals surface area (Å²) in [6.45, 7) is 4.64. The molecule has 2 rings (SSSR count). The molecule has 4 nitrogen and oxygen atoms in total. The third-order valence-electron chi connectivity index (χ3n) is 2.91. The molecule has 1 N–H and O–H groups in total. The van der Waals surface area contributed by atoms with E-state index in [0.29, 0.717) is 0 Å². The lowest BCUT2D eigenvalue weighted by molar-refractivity contribution is 0.288. The van der Waals surface area contributed by atoms with Crippen molar-refractivity contribution in [3.63, 3.8) is 0 Å². The second kappa shape index (κ2) is 4.68. The molecule has 0 unspecified atom stereocenters. The van der Waals surface area contributed by atoms with Gasteiger partial charge in [0.2, 0.25) is 5.88 Å². The van der Waals surface area contributed by atoms with Crippen molar-refractivity contribution in [3.8, 4) is 5.88 Å². The Balaban J connectivity index is 2.02. The van der Waals surface area contributed by atoms with Gasteiger partial charge in [0.25, 0.3) is 0 Å². The molecule has 1 aromatic heterocycles. The predicted octanol–water partition coefficient (Wildman–Crippen LogP) is 2.31. The highest BCUT2D eigenvalue weighted by Crippen LogP contribution is 2.32. The third kappa shape index (κ3) is 2.62. The van der Waals surface area contributed by atoms with Gasteiger partial charge in [-0.15, -0.1) is 0 Å². The first kappa shape index (κ1) is 11.2. The number of hydrogen-bond acceptors (Lipinski definition) is 4. The smallest absolute Gasteiger partial charge is 0.221 e. The van der Waals surface area contributed by atoms with Gasteiger partial charge in [0.1, 0.15) is 11.6 Å². The highest BCUT2D eigenvalue weighted by atomic mass is 16.5. The SMILES string of the molecule is CNc1nc(C)nc(OCCC2CC2)c1C. The molecule has 0 bridgehead atoms. The lowest BCUT2D eigenvalue weighted by atomic mass is 10.3. The van der Waals surface area contributed by atoms with E-state index in [4.69, 9.17) is 4.74 Å². The number of aromatic nitrogens is 2. The molecule has 1 aromatic rings. The van der Waals surface area contributed by atoms with Gasteiger partial charge in [0.15, 0.2) is 0 Å². The normalized spacial score (nSPS) is 14.9. The predicted molar refractivity (Wildman–Crippen MR) is 63.9 cm³/mol. The number of nitrogens with one attached hydrogen (secondary N) is 1. The van der Waals surface area contributed by atoms with Crippen molar-refractivity contribution < 1.29 is 4.74 Å². The fourth-order valence-electron chi connectivity index (χ4n) is 1.72. The Morgan fingerprint density at radius 1 is 1.31 bits per heavy atom. The zero-order valence-corrected chi connectivity index (χ0v) is 10.2. The first-order chi connectivity index (χ1) is 7.70. The van der Waals surface area contributed by atoms with Gasteiger partial charge in [-0.2, -0.15) is 4.98 Å². The number of anilines is 1. The summed E-state index contributed by atoms with van der Waals surface area (Å²) in [5.41, 5.74) is 0.990. The minimum absolute atomic E-state index is 0.720. The molecule has 0 spiro atoms. The third-order valence-corrected chi connectivity index (χ3v) is 2.91. The van der Waals surface area contributed by atoms with E-state index in [1.165, 1.54) is 12.8 Å². The van der Waals surface area contributed by atoms with Gasteiger partial charge in [-0.05, 0) is 26.2 Å². The zero-order chi connectivity index (χ0) is 11.5. The van der Waals surface area contributed by atoms with Crippen LogP contribution in [0.25, 0.3) is 0 Å². The molecule has 0 aromatic carbocycles. The van der Waals surface area contributed by atoms with Crippen LogP contribution in [0, 0.1) is 19.8 Å². The van der Waals surface area contributed by atoms with E-state index in [9.17, 15) is 0 Å². The molecule has 16 heavy (non-hydrogen) atoms. The molecule has 0 saturated heterocycles. The summed E-state index contributed by atoms with van der Waals surface area (Å²) in [6.07, 6.45) is 3.89. The minimum Gasteiger partial charge on any atom is -0.477 e. The standard InChI is InChI=1S/C12H19N3O/c1-8-11(13-3)14-9(2)15-12(8)16-7-6-10-4-5-10/h10H,4-7H2,1-3H3,(H,13,14,15). The van der Waals surface area contributed by atoms with Crippen molar-refractivity contribution in [2.75, 3.05) is 19.0 Å². The van der Waals surface area contributed by atoms with Crippen LogP contribution in [0.15, 0.2) is 0 Å². The van der Waals surface area contributed by atoms with Crippen molar-refractivity contribution in [3.05, 3.63) is 11.4 Å². The molecule has 1 fully saturated rings. The Morgan fingerprint density at radius 2 is 2.06 bits per heavy atom. The van der Waals surface area contributed by atoms with Crippen LogP contribution in [0.4, 0.5) is 5.82 Å². The number of nitrogens with zero attached hydrogens (tertiary/aromatic N) is 2. The molecule has 4 heteroatoms. The van der Waals surface area contributed by atoms with Gasteiger partial charge in [0, 0.05) is 7.05 Å². The molecular weight excluding hydrogens is 202 g/mol. The van der Waals surface area contributed by atoms with Gasteiger partial charge in [-0.25, -0.2) is 4.98 Å². The van der Waals surface area contributed by atoms with Crippen molar-refractivity contribution in [2.45, 2.75) is 33.1 Å². The van der Waals surface area contributed by atoms with Crippen LogP contribution in [-0.2, 0) is 0 Å². The molecule has 0 atom stereocenters. The molecule has 0 amide bonds. The summed E-state index contributed by atoms with van der Waals surface area (Å²) in [6, 6.07) is 0. The highest BCUT2D eigenvalue weighted by Gasteiger charge is 2.21. The summed E-state index contributed by atoms with van der Waals surface area (Å²) >= 11 is 0. The van der Waals surface area contributed by atoms with Crippen molar-refractivity contribution in [1.82, 2.24) is 9.97 Å². The maximum absolute atomic E-state index is 5.72. The lowest BCUT2D eigenvalue weighted by Gasteiger charge is -2.11. The first-order valence-corrected chi connectivity index (χ1v) is 5.86. The first-order valence-electron chi connectivity index (χ1n) is 5.86. The average Bonchev–Trinajstić information content (AvgIpc) is 3.06. The Bertz CT molecular complexity index is 375. The Labute approximate surface area is 96.4 Å². The van der Waals surface area contributed by atoms with Gasteiger partial charge >= 0.3 is 0 Å². The molecule has 88 valence electrons. The van der Waals surface area contributed by atoms with E-state index in [1.54, 1.807) is 0 Å². The lowest BCUT2D eigenvalue weighted by Crippen LogP contribution is -2.06. The fourth-order valence-corrected chi connectivity index (χ4v) is 1.72. The van der Waals surface area contributed by atoms with E-state index in [0.717, 1.165) is 42.0 Å². The van der Waals surface area contributed by atoms with Crippen molar-refractivity contribution in [2.24, 2.45) is 5.92 Å². The highest BCUT2D eigenvalue weighted by molar-refractivity contribution is 5.47. The van der Waals surface area contributed by atoms with Gasteiger partial charge in [-0.3, -0.25) is 0 Å². The molecule has 0 aliphatic heterocycles. The summed E-state index contributed by atoms with van der Waals surface area (Å²) in [4.78, 5) is 8.63. The average molecular weight is 221 g/mol. The quantitative estimate of drug-likeness (QED) is 0.829. The summed E-state index contributed by atoms with van der Waals surface area (Å²) in [5, 5.41) is 3.06. The minimum atomic E-state index is 0.720. The number of ether oxygens (including phenoxy) is 1. The molecule has 1 saturated carbocycles. The molecule has 1 aliphatic carbocycles. The van der Waals surface area contributed by atoms with Crippen LogP contribution in [-0.4, -0.2) is 23.6 Å². The zero-order valence-electron chi connectivity index (χ0n) is 10.2. The number of rotatable bonds is 5. The van der Waals surface area contributed by atoms with Gasteiger partial charge < -0.3 is 10.1 Å². The van der Waals surface area contributed by atoms with Crippen LogP contribution in [0.3, 0.4) is 0 Å². The maximum Gasteiger partial charge on any atom is 0.221 e. The Kier molecular flexibility index (Phi) is 3.27. The van der Waals surface area contributed by atoms with Gasteiger partial charge in [0.05, 0.1) is 12.2 Å². The van der Waals surface area contributed by atoms with Crippen LogP contribution >= 0.6 is 0 Å².